The zero-order chi connectivity index (χ0) is 11.7. The zero-order valence-electron chi connectivity index (χ0n) is 9.99. The third-order valence-corrected chi connectivity index (χ3v) is 3.46. The molecule has 2 atom stereocenters. The number of esters is 1. The van der Waals surface area contributed by atoms with Crippen LogP contribution in [0.25, 0.3) is 0 Å². The maximum Gasteiger partial charge on any atom is 0.307 e. The minimum Gasteiger partial charge on any atom is -0.461 e. The van der Waals surface area contributed by atoms with Crippen LogP contribution in [-0.4, -0.2) is 29.6 Å². The SMILES string of the molecule is CCCSC(C)CC(=O)OC(CC)CN. The van der Waals surface area contributed by atoms with E-state index in [0.717, 1.165) is 18.6 Å². The molecule has 0 aliphatic carbocycles. The molecule has 0 radical (unpaired) electrons. The summed E-state index contributed by atoms with van der Waals surface area (Å²) in [5, 5.41) is 0.340. The fraction of sp³-hybridized carbons (Fsp3) is 0.909. The van der Waals surface area contributed by atoms with Crippen LogP contribution in [-0.2, 0) is 9.53 Å². The Morgan fingerprint density at radius 2 is 2.13 bits per heavy atom. The molecule has 0 spiro atoms. The molecule has 90 valence electrons. The third kappa shape index (κ3) is 7.68. The summed E-state index contributed by atoms with van der Waals surface area (Å²) in [7, 11) is 0. The Kier molecular flexibility index (Phi) is 8.91. The van der Waals surface area contributed by atoms with Crippen molar-refractivity contribution in [3.63, 3.8) is 0 Å². The molecule has 0 aromatic heterocycles. The van der Waals surface area contributed by atoms with Crippen LogP contribution in [0.15, 0.2) is 0 Å². The Morgan fingerprint density at radius 1 is 1.47 bits per heavy atom. The Labute approximate surface area is 97.1 Å². The van der Waals surface area contributed by atoms with Crippen molar-refractivity contribution in [3.05, 3.63) is 0 Å². The van der Waals surface area contributed by atoms with Gasteiger partial charge in [-0.05, 0) is 18.6 Å². The molecule has 0 rings (SSSR count). The largest absolute Gasteiger partial charge is 0.461 e. The quantitative estimate of drug-likeness (QED) is 0.653. The molecule has 0 heterocycles. The van der Waals surface area contributed by atoms with Gasteiger partial charge in [-0.3, -0.25) is 4.79 Å². The lowest BCUT2D eigenvalue weighted by molar-refractivity contribution is -0.148. The highest BCUT2D eigenvalue weighted by atomic mass is 32.2. The predicted molar refractivity (Wildman–Crippen MR) is 66.1 cm³/mol. The van der Waals surface area contributed by atoms with Crippen molar-refractivity contribution in [3.8, 4) is 0 Å². The van der Waals surface area contributed by atoms with Crippen molar-refractivity contribution in [2.45, 2.75) is 51.4 Å². The lowest BCUT2D eigenvalue weighted by Crippen LogP contribution is -2.27. The molecule has 0 aliphatic rings. The highest BCUT2D eigenvalue weighted by molar-refractivity contribution is 7.99. The van der Waals surface area contributed by atoms with Gasteiger partial charge in [0, 0.05) is 11.8 Å². The van der Waals surface area contributed by atoms with Crippen LogP contribution < -0.4 is 5.73 Å². The average molecular weight is 233 g/mol. The predicted octanol–water partition coefficient (Wildman–Crippen LogP) is 2.19. The highest BCUT2D eigenvalue weighted by Gasteiger charge is 2.14. The van der Waals surface area contributed by atoms with Crippen molar-refractivity contribution >= 4 is 17.7 Å². The molecule has 0 amide bonds. The van der Waals surface area contributed by atoms with Gasteiger partial charge in [0.05, 0.1) is 6.42 Å². The average Bonchev–Trinajstić information content (AvgIpc) is 2.22. The molecule has 0 aromatic carbocycles. The molecule has 0 aliphatic heterocycles. The van der Waals surface area contributed by atoms with Gasteiger partial charge in [-0.1, -0.05) is 20.8 Å². The molecule has 2 N–H and O–H groups in total. The van der Waals surface area contributed by atoms with E-state index in [4.69, 9.17) is 10.5 Å². The summed E-state index contributed by atoms with van der Waals surface area (Å²) in [6.45, 7) is 6.59. The number of nitrogens with two attached hydrogens (primary N) is 1. The van der Waals surface area contributed by atoms with Crippen molar-refractivity contribution < 1.29 is 9.53 Å². The number of carbonyl (C=O) groups is 1. The Hall–Kier alpha value is -0.220. The highest BCUT2D eigenvalue weighted by Crippen LogP contribution is 2.15. The first-order chi connectivity index (χ1) is 7.13. The number of hydrogen-bond acceptors (Lipinski definition) is 4. The van der Waals surface area contributed by atoms with Gasteiger partial charge in [0.1, 0.15) is 6.10 Å². The van der Waals surface area contributed by atoms with Crippen molar-refractivity contribution in [1.29, 1.82) is 0 Å². The number of carbonyl (C=O) groups excluding carboxylic acids is 1. The number of thioether (sulfide) groups is 1. The smallest absolute Gasteiger partial charge is 0.307 e. The van der Waals surface area contributed by atoms with Gasteiger partial charge in [-0.25, -0.2) is 0 Å². The molecule has 0 saturated carbocycles. The normalized spacial score (nSPS) is 14.7. The molecule has 4 heteroatoms. The monoisotopic (exact) mass is 233 g/mol. The first kappa shape index (κ1) is 14.8. The van der Waals surface area contributed by atoms with Crippen LogP contribution in [0, 0.1) is 0 Å². The van der Waals surface area contributed by atoms with Crippen LogP contribution in [0.1, 0.15) is 40.0 Å². The van der Waals surface area contributed by atoms with Crippen LogP contribution in [0.4, 0.5) is 0 Å². The van der Waals surface area contributed by atoms with E-state index >= 15 is 0 Å². The second-order valence-electron chi connectivity index (χ2n) is 3.64. The van der Waals surface area contributed by atoms with Gasteiger partial charge in [0.2, 0.25) is 0 Å². The molecule has 0 fully saturated rings. The molecule has 0 saturated heterocycles. The van der Waals surface area contributed by atoms with E-state index in [9.17, 15) is 4.79 Å². The summed E-state index contributed by atoms with van der Waals surface area (Å²) in [6, 6.07) is 0. The van der Waals surface area contributed by atoms with E-state index in [-0.39, 0.29) is 12.1 Å². The van der Waals surface area contributed by atoms with E-state index < -0.39 is 0 Å². The molecular formula is C11H23NO2S. The molecule has 3 nitrogen and oxygen atoms in total. The van der Waals surface area contributed by atoms with Gasteiger partial charge in [0.25, 0.3) is 0 Å². The lowest BCUT2D eigenvalue weighted by atomic mass is 10.3. The lowest BCUT2D eigenvalue weighted by Gasteiger charge is -2.15. The van der Waals surface area contributed by atoms with Crippen molar-refractivity contribution in [1.82, 2.24) is 0 Å². The fourth-order valence-electron chi connectivity index (χ4n) is 1.14. The van der Waals surface area contributed by atoms with E-state index in [1.165, 1.54) is 0 Å². The molecular weight excluding hydrogens is 210 g/mol. The van der Waals surface area contributed by atoms with Crippen LogP contribution in [0.2, 0.25) is 0 Å². The molecule has 2 unspecified atom stereocenters. The third-order valence-electron chi connectivity index (χ3n) is 2.08. The van der Waals surface area contributed by atoms with Gasteiger partial charge in [-0.2, -0.15) is 11.8 Å². The molecule has 0 bridgehead atoms. The Bertz CT molecular complexity index is 172. The van der Waals surface area contributed by atoms with E-state index in [2.05, 4.69) is 13.8 Å². The van der Waals surface area contributed by atoms with Crippen LogP contribution in [0.5, 0.6) is 0 Å². The topological polar surface area (TPSA) is 52.3 Å². The zero-order valence-corrected chi connectivity index (χ0v) is 10.8. The minimum absolute atomic E-state index is 0.110. The Balaban J connectivity index is 3.71. The maximum atomic E-state index is 11.5. The fourth-order valence-corrected chi connectivity index (χ4v) is 2.04. The number of rotatable bonds is 8. The van der Waals surface area contributed by atoms with E-state index in [0.29, 0.717) is 18.2 Å². The first-order valence-electron chi connectivity index (χ1n) is 5.65. The maximum absolute atomic E-state index is 11.5. The summed E-state index contributed by atoms with van der Waals surface area (Å²) in [5.74, 6) is 0.978. The number of ether oxygens (including phenoxy) is 1. The summed E-state index contributed by atoms with van der Waals surface area (Å²) in [4.78, 5) is 11.5. The Morgan fingerprint density at radius 3 is 2.60 bits per heavy atom. The first-order valence-corrected chi connectivity index (χ1v) is 6.70. The second-order valence-corrected chi connectivity index (χ2v) is 5.19. The summed E-state index contributed by atoms with van der Waals surface area (Å²) >= 11 is 1.81. The minimum atomic E-state index is -0.122. The summed E-state index contributed by atoms with van der Waals surface area (Å²) < 4.78 is 5.22. The summed E-state index contributed by atoms with van der Waals surface area (Å²) in [5.41, 5.74) is 5.46. The van der Waals surface area contributed by atoms with E-state index in [1.54, 1.807) is 0 Å². The molecule has 15 heavy (non-hydrogen) atoms. The van der Waals surface area contributed by atoms with Crippen LogP contribution in [0.3, 0.4) is 0 Å². The van der Waals surface area contributed by atoms with Crippen molar-refractivity contribution in [2.24, 2.45) is 5.73 Å². The van der Waals surface area contributed by atoms with Gasteiger partial charge >= 0.3 is 5.97 Å². The van der Waals surface area contributed by atoms with Crippen molar-refractivity contribution in [2.75, 3.05) is 12.3 Å². The van der Waals surface area contributed by atoms with Gasteiger partial charge in [0.15, 0.2) is 0 Å². The van der Waals surface area contributed by atoms with Gasteiger partial charge in [-0.15, -0.1) is 0 Å². The van der Waals surface area contributed by atoms with E-state index in [1.807, 2.05) is 18.7 Å². The molecule has 0 aromatic rings. The van der Waals surface area contributed by atoms with Crippen LogP contribution >= 0.6 is 11.8 Å². The summed E-state index contributed by atoms with van der Waals surface area (Å²) in [6.07, 6.45) is 2.31. The number of hydrogen-bond donors (Lipinski definition) is 1. The van der Waals surface area contributed by atoms with Gasteiger partial charge < -0.3 is 10.5 Å². The second kappa shape index (κ2) is 9.04. The standard InChI is InChI=1S/C11H23NO2S/c1-4-6-15-9(3)7-11(13)14-10(5-2)8-12/h9-10H,4-8,12H2,1-3H3.